The Kier molecular flexibility index (Phi) is 3.93. The summed E-state index contributed by atoms with van der Waals surface area (Å²) in [5.74, 6) is -1.09. The van der Waals surface area contributed by atoms with Gasteiger partial charge in [0.25, 0.3) is 0 Å². The van der Waals surface area contributed by atoms with Gasteiger partial charge in [-0.15, -0.1) is 0 Å². The fourth-order valence-electron chi connectivity index (χ4n) is 0.918. The van der Waals surface area contributed by atoms with Gasteiger partial charge in [0.15, 0.2) is 0 Å². The Balaban J connectivity index is 2.78. The van der Waals surface area contributed by atoms with Crippen LogP contribution in [0, 0.1) is 0 Å². The van der Waals surface area contributed by atoms with Gasteiger partial charge in [-0.1, -0.05) is 16.8 Å². The molecule has 1 aromatic carbocycles. The van der Waals surface area contributed by atoms with Crippen molar-refractivity contribution in [3.05, 3.63) is 28.8 Å². The molecule has 0 saturated carbocycles. The topological polar surface area (TPSA) is 82.0 Å². The third-order valence-corrected chi connectivity index (χ3v) is 1.80. The second-order valence-corrected chi connectivity index (χ2v) is 3.00. The Hall–Kier alpha value is -1.75. The predicted molar refractivity (Wildman–Crippen MR) is 51.3 cm³/mol. The van der Waals surface area contributed by atoms with Gasteiger partial charge in [-0.2, -0.15) is 0 Å². The molecule has 0 spiro atoms. The number of ether oxygens (including phenoxy) is 1. The highest BCUT2D eigenvalue weighted by atomic mass is 35.5. The summed E-state index contributed by atoms with van der Waals surface area (Å²) in [6, 6.07) is 4.52. The molecule has 0 aliphatic rings. The Morgan fingerprint density at radius 1 is 1.67 bits per heavy atom. The molecule has 0 amide bonds. The summed E-state index contributed by atoms with van der Waals surface area (Å²) in [5, 5.41) is 21.4. The molecule has 0 bridgehead atoms. The highest BCUT2D eigenvalue weighted by Gasteiger charge is 2.02. The minimum atomic E-state index is -1.33. The van der Waals surface area contributed by atoms with Crippen molar-refractivity contribution in [2.45, 2.75) is 0 Å². The van der Waals surface area contributed by atoms with Crippen molar-refractivity contribution in [1.29, 1.82) is 0 Å². The SMILES string of the molecule is O=C([O-])COc1ccc(/C=N/O)cc1Cl. The largest absolute Gasteiger partial charge is 0.546 e. The van der Waals surface area contributed by atoms with E-state index in [-0.39, 0.29) is 10.8 Å². The molecule has 0 radical (unpaired) electrons. The Bertz CT molecular complexity index is 392. The Morgan fingerprint density at radius 3 is 2.93 bits per heavy atom. The van der Waals surface area contributed by atoms with Crippen LogP contribution in [0.2, 0.25) is 5.02 Å². The second-order valence-electron chi connectivity index (χ2n) is 2.60. The van der Waals surface area contributed by atoms with Crippen LogP contribution in [0.25, 0.3) is 0 Å². The van der Waals surface area contributed by atoms with Gasteiger partial charge in [0.2, 0.25) is 0 Å². The van der Waals surface area contributed by atoms with Crippen LogP contribution in [0.4, 0.5) is 0 Å². The first-order chi connectivity index (χ1) is 7.13. The average Bonchev–Trinajstić information content (AvgIpc) is 2.17. The lowest BCUT2D eigenvalue weighted by Crippen LogP contribution is -2.28. The van der Waals surface area contributed by atoms with E-state index in [2.05, 4.69) is 5.16 Å². The second kappa shape index (κ2) is 5.21. The molecule has 0 atom stereocenters. The number of hydrogen-bond donors (Lipinski definition) is 1. The maximum Gasteiger partial charge on any atom is 0.138 e. The predicted octanol–water partition coefficient (Wildman–Crippen LogP) is 0.277. The number of carbonyl (C=O) groups is 1. The van der Waals surface area contributed by atoms with E-state index >= 15 is 0 Å². The van der Waals surface area contributed by atoms with E-state index in [1.165, 1.54) is 18.3 Å². The first kappa shape index (κ1) is 11.3. The minimum Gasteiger partial charge on any atom is -0.546 e. The lowest BCUT2D eigenvalue weighted by Gasteiger charge is -2.08. The van der Waals surface area contributed by atoms with Crippen LogP contribution in [0.3, 0.4) is 0 Å². The van der Waals surface area contributed by atoms with Crippen LogP contribution in [0.5, 0.6) is 5.75 Å². The number of oxime groups is 1. The highest BCUT2D eigenvalue weighted by Crippen LogP contribution is 2.24. The third-order valence-electron chi connectivity index (χ3n) is 1.51. The van der Waals surface area contributed by atoms with Crippen LogP contribution < -0.4 is 9.84 Å². The van der Waals surface area contributed by atoms with E-state index in [1.807, 2.05) is 0 Å². The van der Waals surface area contributed by atoms with Gasteiger partial charge in [-0.3, -0.25) is 0 Å². The van der Waals surface area contributed by atoms with E-state index in [9.17, 15) is 9.90 Å². The molecule has 1 N–H and O–H groups in total. The van der Waals surface area contributed by atoms with E-state index in [0.717, 1.165) is 0 Å². The normalized spacial score (nSPS) is 10.5. The summed E-state index contributed by atoms with van der Waals surface area (Å²) in [6.45, 7) is -0.562. The van der Waals surface area contributed by atoms with Crippen LogP contribution in [0.15, 0.2) is 23.4 Å². The molecule has 0 aliphatic heterocycles. The van der Waals surface area contributed by atoms with Crippen molar-refractivity contribution in [2.75, 3.05) is 6.61 Å². The van der Waals surface area contributed by atoms with Gasteiger partial charge in [-0.25, -0.2) is 0 Å². The maximum atomic E-state index is 10.1. The number of carbonyl (C=O) groups excluding carboxylic acids is 1. The number of nitrogens with zero attached hydrogens (tertiary/aromatic N) is 1. The number of aliphatic carboxylic acids is 1. The molecule has 6 heteroatoms. The number of benzene rings is 1. The molecule has 80 valence electrons. The molecule has 0 saturated heterocycles. The monoisotopic (exact) mass is 228 g/mol. The van der Waals surface area contributed by atoms with E-state index in [4.69, 9.17) is 21.5 Å². The fraction of sp³-hybridized carbons (Fsp3) is 0.111. The van der Waals surface area contributed by atoms with E-state index in [0.29, 0.717) is 5.56 Å². The number of halogens is 1. The molecule has 0 aromatic heterocycles. The molecule has 0 unspecified atom stereocenters. The van der Waals surface area contributed by atoms with E-state index in [1.54, 1.807) is 6.07 Å². The molecule has 0 fully saturated rings. The first-order valence-corrected chi connectivity index (χ1v) is 4.31. The molecule has 0 aliphatic carbocycles. The lowest BCUT2D eigenvalue weighted by atomic mass is 10.2. The molecule has 5 nitrogen and oxygen atoms in total. The number of hydrogen-bond acceptors (Lipinski definition) is 5. The third kappa shape index (κ3) is 3.47. The van der Waals surface area contributed by atoms with Gasteiger partial charge in [0.1, 0.15) is 12.4 Å². The molecular formula is C9H7ClNO4-. The van der Waals surface area contributed by atoms with Gasteiger partial charge < -0.3 is 19.8 Å². The van der Waals surface area contributed by atoms with Crippen LogP contribution in [0.1, 0.15) is 5.56 Å². The van der Waals surface area contributed by atoms with Gasteiger partial charge in [0, 0.05) is 0 Å². The van der Waals surface area contributed by atoms with Crippen molar-refractivity contribution in [3.8, 4) is 5.75 Å². The smallest absolute Gasteiger partial charge is 0.138 e. The summed E-state index contributed by atoms with van der Waals surface area (Å²) in [5.41, 5.74) is 0.573. The summed E-state index contributed by atoms with van der Waals surface area (Å²) < 4.78 is 4.83. The standard InChI is InChI=1S/C9H8ClNO4/c10-7-3-6(4-11-14)1-2-8(7)15-5-9(12)13/h1-4,14H,5H2,(H,12,13)/p-1/b11-4+. The summed E-state index contributed by atoms with van der Waals surface area (Å²) in [7, 11) is 0. The number of carboxylic acids is 1. The van der Waals surface area contributed by atoms with E-state index < -0.39 is 12.6 Å². The zero-order valence-electron chi connectivity index (χ0n) is 7.51. The van der Waals surface area contributed by atoms with Crippen LogP contribution >= 0.6 is 11.6 Å². The quantitative estimate of drug-likeness (QED) is 0.456. The zero-order chi connectivity index (χ0) is 11.3. The van der Waals surface area contributed by atoms with Gasteiger partial charge >= 0.3 is 0 Å². The summed E-state index contributed by atoms with van der Waals surface area (Å²) >= 11 is 5.77. The van der Waals surface area contributed by atoms with Gasteiger partial charge in [0.05, 0.1) is 17.2 Å². The lowest BCUT2D eigenvalue weighted by molar-refractivity contribution is -0.307. The number of rotatable bonds is 4. The summed E-state index contributed by atoms with van der Waals surface area (Å²) in [4.78, 5) is 10.1. The molecule has 0 heterocycles. The Labute approximate surface area is 90.5 Å². The van der Waals surface area contributed by atoms with Crippen molar-refractivity contribution in [3.63, 3.8) is 0 Å². The van der Waals surface area contributed by atoms with Crippen molar-refractivity contribution < 1.29 is 19.8 Å². The van der Waals surface area contributed by atoms with Crippen molar-refractivity contribution >= 4 is 23.8 Å². The fourth-order valence-corrected chi connectivity index (χ4v) is 1.16. The average molecular weight is 229 g/mol. The Morgan fingerprint density at radius 2 is 2.40 bits per heavy atom. The highest BCUT2D eigenvalue weighted by molar-refractivity contribution is 6.32. The summed E-state index contributed by atoms with van der Waals surface area (Å²) in [6.07, 6.45) is 1.19. The maximum absolute atomic E-state index is 10.1. The van der Waals surface area contributed by atoms with Crippen molar-refractivity contribution in [1.82, 2.24) is 0 Å². The molecule has 1 aromatic rings. The van der Waals surface area contributed by atoms with Gasteiger partial charge in [-0.05, 0) is 23.8 Å². The molecular weight excluding hydrogens is 222 g/mol. The molecule has 1 rings (SSSR count). The number of carboxylic acid groups (broad SMARTS) is 1. The minimum absolute atomic E-state index is 0.230. The molecule has 15 heavy (non-hydrogen) atoms. The van der Waals surface area contributed by atoms with Crippen molar-refractivity contribution in [2.24, 2.45) is 5.16 Å². The van der Waals surface area contributed by atoms with Crippen LogP contribution in [-0.2, 0) is 4.79 Å². The van der Waals surface area contributed by atoms with Crippen LogP contribution in [-0.4, -0.2) is 24.0 Å². The first-order valence-electron chi connectivity index (χ1n) is 3.93. The zero-order valence-corrected chi connectivity index (χ0v) is 8.27.